The Bertz CT molecular complexity index is 3570. The van der Waals surface area contributed by atoms with Gasteiger partial charge in [-0.05, 0) is 370 Å². The Morgan fingerprint density at radius 2 is 0.459 bits per heavy atom. The number of nitrogens with zero attached hydrogens (tertiary/aromatic N) is 32. The van der Waals surface area contributed by atoms with Crippen molar-refractivity contribution in [3.8, 4) is 0 Å². The number of halogens is 2. The van der Waals surface area contributed by atoms with Crippen molar-refractivity contribution in [1.29, 1.82) is 0 Å². The monoisotopic (exact) mass is 2000 g/mol. The molecule has 2 aromatic carbocycles. The summed E-state index contributed by atoms with van der Waals surface area (Å²) in [7, 11) is 72.7. The normalized spacial score (nSPS) is 14.0. The summed E-state index contributed by atoms with van der Waals surface area (Å²) >= 11 is 5.74. The molecule has 0 spiro atoms. The zero-order valence-electron chi connectivity index (χ0n) is 85.8. The molecule has 0 atom stereocenters. The topological polar surface area (TPSA) is 241 Å². The van der Waals surface area contributed by atoms with Crippen LogP contribution in [-0.4, -0.2) is 492 Å². The Morgan fingerprint density at radius 1 is 0.270 bits per heavy atom. The number of aryl methyl sites for hydroxylation is 2. The Balaban J connectivity index is 0. The minimum absolute atomic E-state index is 0. The molecule has 0 unspecified atom stereocenters. The zero-order valence-corrected chi connectivity index (χ0v) is 98.3. The molecule has 0 bridgehead atoms. The summed E-state index contributed by atoms with van der Waals surface area (Å²) in [6, 6.07) is 18.5. The van der Waals surface area contributed by atoms with Crippen molar-refractivity contribution in [2.75, 3.05) is 367 Å². The molecule has 2 rings (SSSR count). The lowest BCUT2D eigenvalue weighted by Crippen LogP contribution is -3.00. The second kappa shape index (κ2) is 53.2. The molecule has 2 aromatic rings. The fourth-order valence-electron chi connectivity index (χ4n) is 15.2. The van der Waals surface area contributed by atoms with Crippen molar-refractivity contribution in [3.63, 3.8) is 0 Å². The molecule has 0 fully saturated rings. The third kappa shape index (κ3) is 28.7. The van der Waals surface area contributed by atoms with E-state index in [4.69, 9.17) is 79.0 Å². The van der Waals surface area contributed by atoms with Crippen LogP contribution < -0.4 is 12.4 Å². The van der Waals surface area contributed by atoms with E-state index in [-0.39, 0.29) is 12.4 Å². The average Bonchev–Trinajstić information content (AvgIpc) is 0.727. The smallest absolute Gasteiger partial charge is 0.502 e. The van der Waals surface area contributed by atoms with Gasteiger partial charge in [0.1, 0.15) is 0 Å². The third-order valence-electron chi connectivity index (χ3n) is 20.4. The molecule has 0 saturated heterocycles. The van der Waals surface area contributed by atoms with Crippen molar-refractivity contribution in [2.45, 2.75) is 37.4 Å². The Hall–Kier alpha value is 0.794. The highest BCUT2D eigenvalue weighted by Gasteiger charge is 2.58. The van der Waals surface area contributed by atoms with Gasteiger partial charge in [-0.2, -0.15) is 18.1 Å². The second-order valence-electron chi connectivity index (χ2n) is 33.1. The van der Waals surface area contributed by atoms with Crippen molar-refractivity contribution >= 4 is 105 Å². The number of rotatable bonds is 46. The van der Waals surface area contributed by atoms with Crippen LogP contribution >= 0.6 is 87.0 Å². The largest absolute Gasteiger partial charge is 1.00 e. The molecule has 0 heterocycles. The summed E-state index contributed by atoms with van der Waals surface area (Å²) < 4.78 is 139. The molecule has 122 heavy (non-hydrogen) atoms. The molecule has 0 N–H and O–H groups in total. The lowest BCUT2D eigenvalue weighted by atomic mass is 10.1. The summed E-state index contributed by atoms with van der Waals surface area (Å²) in [6.07, 6.45) is 1.67. The van der Waals surface area contributed by atoms with Crippen molar-refractivity contribution in [1.82, 2.24) is 107 Å². The first-order valence-electron chi connectivity index (χ1n) is 39.6. The molecule has 52 heteroatoms. The number of hydrogen-bond acceptors (Lipinski definition) is 11. The maximum atomic E-state index is 6.34. The van der Waals surface area contributed by atoms with Gasteiger partial charge in [0.05, 0.1) is 0 Å². The van der Waals surface area contributed by atoms with E-state index in [0.717, 1.165) is 30.0 Å². The average molecular weight is 2000 g/mol. The van der Waals surface area contributed by atoms with Gasteiger partial charge in [-0.3, -0.25) is 46.8 Å². The predicted octanol–water partition coefficient (Wildman–Crippen LogP) is 12.6. The van der Waals surface area contributed by atoms with Crippen LogP contribution in [-0.2, 0) is 51.8 Å². The highest BCUT2D eigenvalue weighted by atomic mass is 35.5. The fourth-order valence-corrected chi connectivity index (χ4v) is 66.2. The van der Waals surface area contributed by atoms with Gasteiger partial charge in [0.2, 0.25) is 37.5 Å². The van der Waals surface area contributed by atoms with Crippen LogP contribution in [0.4, 0.5) is 0 Å². The van der Waals surface area contributed by atoms with E-state index in [2.05, 4.69) is 433 Å². The molecule has 0 aromatic heterocycles. The zero-order chi connectivity index (χ0) is 95.1. The molecule has 724 valence electrons. The third-order valence-corrected chi connectivity index (χ3v) is 66.7. The summed E-state index contributed by atoms with van der Waals surface area (Å²) in [4.78, 5) is 0. The SMILES string of the molecule is CN=P(N=P(N=P(N(C)C)(N(C)C)N(C)C)(N=P(N(C)C)(N(C)C)N(C)C)N=P(N(C)C)(N(C)C)N(C)C)(N(C)C)N(C)C.CO[Si](CCc1ccc(CCl)cc1)(OC)OC.CO[Si](CCc1ccc(CN(C)P(=N[P+](N=P(N(C)C)(N(C)C)N(C)C)(N=P(N(C)C)(N(C)C)N(C)C)N=P(N(C)C)(N(C)C)N(C)C)(N(C)C)N(C)C)cc1)(OC)OC.[Cl-]. The molecule has 0 aliphatic heterocycles. The molecule has 0 aliphatic rings. The van der Waals surface area contributed by atoms with Crippen molar-refractivity contribution < 1.29 is 39.0 Å². The minimum Gasteiger partial charge on any atom is -1.00 e. The molecule has 0 radical (unpaired) electrons. The van der Waals surface area contributed by atoms with Gasteiger partial charge in [0.25, 0.3) is 0 Å². The lowest BCUT2D eigenvalue weighted by molar-refractivity contribution is -0.0000365. The molecule has 0 aliphatic carbocycles. The van der Waals surface area contributed by atoms with Crippen LogP contribution in [0.15, 0.2) is 89.4 Å². The quantitative estimate of drug-likeness (QED) is 0.0340. The Morgan fingerprint density at radius 3 is 0.631 bits per heavy atom. The number of benzene rings is 2. The van der Waals surface area contributed by atoms with Crippen LogP contribution in [0, 0.1) is 0 Å². The van der Waals surface area contributed by atoms with Crippen molar-refractivity contribution in [3.05, 3.63) is 70.8 Å². The highest BCUT2D eigenvalue weighted by molar-refractivity contribution is 7.88. The molecule has 0 saturated carbocycles. The van der Waals surface area contributed by atoms with Crippen LogP contribution in [0.5, 0.6) is 0 Å². The van der Waals surface area contributed by atoms with Gasteiger partial charge in [-0.25, -0.2) is 65.4 Å². The van der Waals surface area contributed by atoms with Crippen LogP contribution in [0.3, 0.4) is 0 Å². The van der Waals surface area contributed by atoms with Gasteiger partial charge in [0, 0.05) is 74.2 Å². The van der Waals surface area contributed by atoms with Gasteiger partial charge < -0.3 is 39.0 Å². The van der Waals surface area contributed by atoms with E-state index in [1.807, 2.05) is 47.4 Å². The first-order chi connectivity index (χ1) is 55.4. The highest BCUT2D eigenvalue weighted by Crippen LogP contribution is 2.87. The first kappa shape index (κ1) is 125. The van der Waals surface area contributed by atoms with E-state index in [1.54, 1.807) is 42.7 Å². The van der Waals surface area contributed by atoms with Gasteiger partial charge in [0.15, 0.2) is 22.5 Å². The summed E-state index contributed by atoms with van der Waals surface area (Å²) in [5.41, 5.74) is 4.73. The van der Waals surface area contributed by atoms with Crippen LogP contribution in [0.1, 0.15) is 22.3 Å². The summed E-state index contributed by atoms with van der Waals surface area (Å²) in [5, 5.41) is 0. The van der Waals surface area contributed by atoms with E-state index in [1.165, 1.54) is 11.1 Å². The molecule has 38 nitrogen and oxygen atoms in total. The summed E-state index contributed by atoms with van der Waals surface area (Å²) in [6.45, 7) is 0.626. The van der Waals surface area contributed by atoms with Crippen LogP contribution in [0.2, 0.25) is 12.1 Å². The molecule has 0 amide bonds. The number of hydrogen-bond donors (Lipinski definition) is 0. The number of alkyl halides is 1. The minimum atomic E-state index is -3.61. The molecular weight excluding hydrogens is 1820 g/mol. The summed E-state index contributed by atoms with van der Waals surface area (Å²) in [5.74, 6) is 0.549. The van der Waals surface area contributed by atoms with E-state index in [9.17, 15) is 0 Å². The first-order valence-corrected chi connectivity index (χ1v) is 60.0. The van der Waals surface area contributed by atoms with Crippen LogP contribution in [0.25, 0.3) is 0 Å². The molecular formula is C70H176Cl2N32O6P10Si2. The van der Waals surface area contributed by atoms with E-state index in [0.29, 0.717) is 18.5 Å². The maximum Gasteiger partial charge on any atom is 0.502 e. The van der Waals surface area contributed by atoms with Crippen molar-refractivity contribution in [2.24, 2.45) is 40.9 Å². The lowest BCUT2D eigenvalue weighted by Gasteiger charge is -2.46. The predicted molar refractivity (Wildman–Crippen MR) is 543 cm³/mol. The Labute approximate surface area is 762 Å². The fraction of sp³-hybridized carbons (Fsp3) is 0.829. The van der Waals surface area contributed by atoms with Gasteiger partial charge in [-0.15, -0.1) is 11.6 Å². The van der Waals surface area contributed by atoms with Gasteiger partial charge >= 0.3 is 33.0 Å². The van der Waals surface area contributed by atoms with E-state index >= 15 is 0 Å². The van der Waals surface area contributed by atoms with Gasteiger partial charge in [-0.1, -0.05) is 48.5 Å². The Kier molecular flexibility index (Phi) is 54.4. The van der Waals surface area contributed by atoms with E-state index < -0.39 is 93.0 Å². The maximum absolute atomic E-state index is 6.34. The second-order valence-corrected chi connectivity index (χ2v) is 74.7. The standard InChI is InChI=1S/C35H88N16O3P5Si.C23H69N16P5.C12H19ClO3Si.ClH/c1-40(2)56(41(3)4,42(5)6)36-55(37-57(43(7)8,44(9)10)45(11)12,38-58(46(13)14,47(15)16)48(17)18)39-59(49(19)20,50(21)22)51(23)33-35-29-27-34(28-30-35)31-32-60(52-24,53-25)54-26;1-24-41(29(2)3,30(4)5)25-40(26-42(31(6)7,32(8)9)33(10)11,27-43(34(12)13,35(14)15)36(16)17)28-44(37(18)19,38(20)21)39(22)23;1-14-17(15-2,16-3)9-8-11-4-6-12(10-13)7-5-11;/h27-30H,31-33H2,1-26H3;1-23H3;4-7H,8-10H2,1-3H3;1H/q+1;;;/p-1.